The number of hydrogen-bond acceptors (Lipinski definition) is 8. The molecule has 2 N–H and O–H groups in total. The number of carbonyl (C=O) groups excluding carboxylic acids is 4. The Bertz CT molecular complexity index is 734. The van der Waals surface area contributed by atoms with Crippen LogP contribution in [0, 0.1) is 0 Å². The normalized spacial score (nSPS) is 22.4. The Morgan fingerprint density at radius 2 is 1.00 bits per heavy atom. The highest BCUT2D eigenvalue weighted by Crippen LogP contribution is 2.33. The molecule has 0 aliphatic carbocycles. The highest BCUT2D eigenvalue weighted by molar-refractivity contribution is 6.08. The monoisotopic (exact) mass is 470 g/mol. The second-order valence-electron chi connectivity index (χ2n) is 10.3. The maximum absolute atomic E-state index is 13.1. The predicted molar refractivity (Wildman–Crippen MR) is 120 cm³/mol. The van der Waals surface area contributed by atoms with Gasteiger partial charge in [0.15, 0.2) is 0 Å². The fourth-order valence-electron chi connectivity index (χ4n) is 4.15. The third kappa shape index (κ3) is 5.29. The quantitative estimate of drug-likeness (QED) is 0.384. The zero-order valence-corrected chi connectivity index (χ0v) is 20.9. The largest absolute Gasteiger partial charge is 0.390 e. The first-order chi connectivity index (χ1) is 15.0. The summed E-state index contributed by atoms with van der Waals surface area (Å²) in [7, 11) is 7.08. The SMILES string of the molecule is CN(C)C[C@@H](O)CN1C(=O)N(CN2C(=O)N(C[C@@H](O)CN(C)C)C(=O)C2(C)C)C(C)(C)C1=O. The smallest absolute Gasteiger partial charge is 0.329 e. The minimum atomic E-state index is -1.27. The molecule has 33 heavy (non-hydrogen) atoms. The third-order valence-electron chi connectivity index (χ3n) is 6.03. The van der Waals surface area contributed by atoms with E-state index in [1.54, 1.807) is 65.7 Å². The number of nitrogens with zero attached hydrogens (tertiary/aromatic N) is 6. The van der Waals surface area contributed by atoms with Crippen LogP contribution >= 0.6 is 0 Å². The lowest BCUT2D eigenvalue weighted by Gasteiger charge is -2.36. The molecule has 0 spiro atoms. The molecule has 0 bridgehead atoms. The molecule has 2 heterocycles. The molecule has 12 nitrogen and oxygen atoms in total. The number of carbonyl (C=O) groups is 4. The van der Waals surface area contributed by atoms with Crippen LogP contribution in [0.4, 0.5) is 9.59 Å². The summed E-state index contributed by atoms with van der Waals surface area (Å²) < 4.78 is 0. The molecule has 0 aromatic carbocycles. The minimum Gasteiger partial charge on any atom is -0.390 e. The van der Waals surface area contributed by atoms with E-state index in [2.05, 4.69) is 0 Å². The van der Waals surface area contributed by atoms with Crippen molar-refractivity contribution in [3.05, 3.63) is 0 Å². The van der Waals surface area contributed by atoms with E-state index in [1.807, 2.05) is 0 Å². The first-order valence-electron chi connectivity index (χ1n) is 10.9. The number of likely N-dealkylation sites (N-methyl/N-ethyl adjacent to an activating group) is 2. The van der Waals surface area contributed by atoms with E-state index in [0.717, 1.165) is 9.80 Å². The minimum absolute atomic E-state index is 0.172. The van der Waals surface area contributed by atoms with Gasteiger partial charge in [0.1, 0.15) is 17.7 Å². The Kier molecular flexibility index (Phi) is 7.79. The van der Waals surface area contributed by atoms with E-state index in [0.29, 0.717) is 0 Å². The first kappa shape index (κ1) is 27.0. The molecule has 2 aliphatic heterocycles. The molecule has 6 amide bonds. The fourth-order valence-corrected chi connectivity index (χ4v) is 4.15. The van der Waals surface area contributed by atoms with E-state index in [4.69, 9.17) is 0 Å². The van der Waals surface area contributed by atoms with Gasteiger partial charge in [0.2, 0.25) is 0 Å². The topological polar surface area (TPSA) is 128 Å². The number of hydrogen-bond donors (Lipinski definition) is 2. The van der Waals surface area contributed by atoms with Gasteiger partial charge in [0.25, 0.3) is 11.8 Å². The summed E-state index contributed by atoms with van der Waals surface area (Å²) in [4.78, 5) is 60.2. The standard InChI is InChI=1S/C21H38N6O6/c1-20(2)16(30)24(11-14(28)9-22(5)6)18(32)26(20)13-27-19(33)25(17(31)21(27,3)4)12-15(29)10-23(7)8/h14-15,28-29H,9-13H2,1-8H3/t14-,15+. The van der Waals surface area contributed by atoms with Crippen LogP contribution < -0.4 is 0 Å². The Morgan fingerprint density at radius 3 is 1.27 bits per heavy atom. The number of β-amino-alcohol motifs (C(OH)–C–C–N with tert-alkyl or cyclic N) is 2. The van der Waals surface area contributed by atoms with Crippen molar-refractivity contribution in [2.75, 3.05) is 61.0 Å². The summed E-state index contributed by atoms with van der Waals surface area (Å²) in [5.74, 6) is -0.973. The van der Waals surface area contributed by atoms with Crippen molar-refractivity contribution in [1.29, 1.82) is 0 Å². The number of aliphatic hydroxyl groups is 2. The number of rotatable bonds is 10. The summed E-state index contributed by atoms with van der Waals surface area (Å²) >= 11 is 0. The number of aliphatic hydroxyl groups excluding tert-OH is 2. The van der Waals surface area contributed by atoms with Crippen LogP contribution in [0.5, 0.6) is 0 Å². The Morgan fingerprint density at radius 1 is 0.697 bits per heavy atom. The van der Waals surface area contributed by atoms with E-state index in [1.165, 1.54) is 9.80 Å². The van der Waals surface area contributed by atoms with Gasteiger partial charge in [0.05, 0.1) is 25.3 Å². The molecule has 0 radical (unpaired) electrons. The Hall–Kier alpha value is -2.28. The van der Waals surface area contributed by atoms with Crippen molar-refractivity contribution >= 4 is 23.9 Å². The van der Waals surface area contributed by atoms with Gasteiger partial charge in [0, 0.05) is 13.1 Å². The van der Waals surface area contributed by atoms with E-state index >= 15 is 0 Å². The summed E-state index contributed by atoms with van der Waals surface area (Å²) in [6.45, 7) is 6.19. The zero-order chi connectivity index (χ0) is 25.5. The number of urea groups is 2. The average molecular weight is 471 g/mol. The highest BCUT2D eigenvalue weighted by atomic mass is 16.3. The maximum atomic E-state index is 13.1. The molecule has 2 atom stereocenters. The molecular formula is C21H38N6O6. The van der Waals surface area contributed by atoms with Crippen molar-refractivity contribution in [3.63, 3.8) is 0 Å². The van der Waals surface area contributed by atoms with Gasteiger partial charge in [-0.25, -0.2) is 9.59 Å². The van der Waals surface area contributed by atoms with Gasteiger partial charge in [-0.05, 0) is 55.9 Å². The van der Waals surface area contributed by atoms with Crippen molar-refractivity contribution in [2.45, 2.75) is 51.0 Å². The van der Waals surface area contributed by atoms with Crippen molar-refractivity contribution in [1.82, 2.24) is 29.4 Å². The molecule has 2 saturated heterocycles. The summed E-state index contributed by atoms with van der Waals surface area (Å²) in [5.41, 5.74) is -2.54. The molecule has 2 rings (SSSR count). The number of imide groups is 2. The van der Waals surface area contributed by atoms with Crippen LogP contribution in [0.1, 0.15) is 27.7 Å². The lowest BCUT2D eigenvalue weighted by atomic mass is 10.0. The molecule has 0 aromatic rings. The molecular weight excluding hydrogens is 432 g/mol. The molecule has 2 aliphatic rings. The lowest BCUT2D eigenvalue weighted by Crippen LogP contribution is -2.55. The van der Waals surface area contributed by atoms with Crippen molar-refractivity contribution < 1.29 is 29.4 Å². The van der Waals surface area contributed by atoms with Crippen molar-refractivity contribution in [2.24, 2.45) is 0 Å². The Labute approximate surface area is 195 Å². The van der Waals surface area contributed by atoms with Crippen LogP contribution in [0.15, 0.2) is 0 Å². The van der Waals surface area contributed by atoms with Crippen LogP contribution in [-0.2, 0) is 9.59 Å². The van der Waals surface area contributed by atoms with E-state index < -0.39 is 47.2 Å². The summed E-state index contributed by atoms with van der Waals surface area (Å²) in [6, 6.07) is -1.27. The van der Waals surface area contributed by atoms with Crippen LogP contribution in [0.3, 0.4) is 0 Å². The molecule has 12 heteroatoms. The van der Waals surface area contributed by atoms with Gasteiger partial charge >= 0.3 is 12.1 Å². The molecule has 0 unspecified atom stereocenters. The van der Waals surface area contributed by atoms with Gasteiger partial charge in [-0.3, -0.25) is 29.2 Å². The molecule has 0 saturated carbocycles. The lowest BCUT2D eigenvalue weighted by molar-refractivity contribution is -0.134. The van der Waals surface area contributed by atoms with Gasteiger partial charge in [-0.2, -0.15) is 0 Å². The number of amides is 6. The van der Waals surface area contributed by atoms with E-state index in [9.17, 15) is 29.4 Å². The van der Waals surface area contributed by atoms with Gasteiger partial charge < -0.3 is 20.0 Å². The van der Waals surface area contributed by atoms with Crippen molar-refractivity contribution in [3.8, 4) is 0 Å². The summed E-state index contributed by atoms with van der Waals surface area (Å²) in [5, 5.41) is 20.5. The van der Waals surface area contributed by atoms with Gasteiger partial charge in [-0.15, -0.1) is 0 Å². The molecule has 2 fully saturated rings. The molecule has 188 valence electrons. The second kappa shape index (κ2) is 9.53. The zero-order valence-electron chi connectivity index (χ0n) is 20.9. The molecule has 0 aromatic heterocycles. The van der Waals surface area contributed by atoms with E-state index in [-0.39, 0.29) is 32.8 Å². The fraction of sp³-hybridized carbons (Fsp3) is 0.810. The van der Waals surface area contributed by atoms with Crippen LogP contribution in [0.25, 0.3) is 0 Å². The predicted octanol–water partition coefficient (Wildman–Crippen LogP) is -1.13. The van der Waals surface area contributed by atoms with Crippen LogP contribution in [-0.4, -0.2) is 148 Å². The average Bonchev–Trinajstić information content (AvgIpc) is 2.91. The van der Waals surface area contributed by atoms with Crippen LogP contribution in [0.2, 0.25) is 0 Å². The first-order valence-corrected chi connectivity index (χ1v) is 10.9. The third-order valence-corrected chi connectivity index (χ3v) is 6.03. The second-order valence-corrected chi connectivity index (χ2v) is 10.3. The maximum Gasteiger partial charge on any atom is 0.329 e. The highest BCUT2D eigenvalue weighted by Gasteiger charge is 2.57. The van der Waals surface area contributed by atoms with Gasteiger partial charge in [-0.1, -0.05) is 0 Å². The summed E-state index contributed by atoms with van der Waals surface area (Å²) in [6.07, 6.45) is -1.85. The Balaban J connectivity index is 2.23.